The van der Waals surface area contributed by atoms with Crippen LogP contribution < -0.4 is 10.6 Å². The topological polar surface area (TPSA) is 24.1 Å². The number of rotatable bonds is 3. The van der Waals surface area contributed by atoms with E-state index in [0.29, 0.717) is 0 Å². The van der Waals surface area contributed by atoms with Crippen LogP contribution in [-0.2, 0) is 0 Å². The van der Waals surface area contributed by atoms with E-state index in [1.807, 2.05) is 7.05 Å². The quantitative estimate of drug-likeness (QED) is 0.586. The van der Waals surface area contributed by atoms with Gasteiger partial charge in [0.25, 0.3) is 0 Å². The van der Waals surface area contributed by atoms with E-state index in [0.717, 1.165) is 12.5 Å². The van der Waals surface area contributed by atoms with Gasteiger partial charge in [-0.05, 0) is 38.9 Å². The van der Waals surface area contributed by atoms with Crippen molar-refractivity contribution in [2.24, 2.45) is 5.92 Å². The molecule has 2 heteroatoms. The molecule has 0 radical (unpaired) electrons. The van der Waals surface area contributed by atoms with E-state index in [1.165, 1.54) is 25.9 Å². The number of allylic oxidation sites excluding steroid dienone is 1. The second-order valence-corrected chi connectivity index (χ2v) is 3.07. The van der Waals surface area contributed by atoms with Crippen molar-refractivity contribution >= 4 is 0 Å². The summed E-state index contributed by atoms with van der Waals surface area (Å²) in [5, 5.41) is 6.46. The fraction of sp³-hybridized carbons (Fsp3) is 0.778. The molecule has 1 saturated heterocycles. The number of hydrogen-bond donors (Lipinski definition) is 2. The van der Waals surface area contributed by atoms with Crippen LogP contribution in [0.4, 0.5) is 0 Å². The normalized spacial score (nSPS) is 21.2. The minimum absolute atomic E-state index is 0.824. The van der Waals surface area contributed by atoms with Gasteiger partial charge in [-0.3, -0.25) is 0 Å². The summed E-state index contributed by atoms with van der Waals surface area (Å²) in [5.41, 5.74) is 0. The Bertz CT molecular complexity index is 115. The van der Waals surface area contributed by atoms with Crippen LogP contribution in [0.3, 0.4) is 0 Å². The molecule has 0 unspecified atom stereocenters. The zero-order chi connectivity index (χ0) is 7.94. The van der Waals surface area contributed by atoms with Crippen molar-refractivity contribution < 1.29 is 0 Å². The summed E-state index contributed by atoms with van der Waals surface area (Å²) in [5.74, 6) is 0.824. The molecule has 0 aromatic rings. The third-order valence-electron chi connectivity index (χ3n) is 2.11. The first-order valence-corrected chi connectivity index (χ1v) is 4.45. The second kappa shape index (κ2) is 5.33. The SMILES string of the molecule is CNC/C=C/C1CCNCC1. The van der Waals surface area contributed by atoms with E-state index in [-0.39, 0.29) is 0 Å². The molecular formula is C9H18N2. The molecule has 0 aliphatic carbocycles. The summed E-state index contributed by atoms with van der Waals surface area (Å²) in [6.45, 7) is 3.38. The lowest BCUT2D eigenvalue weighted by Gasteiger charge is -2.19. The predicted octanol–water partition coefficient (Wildman–Crippen LogP) is 0.762. The van der Waals surface area contributed by atoms with Crippen LogP contribution in [0.25, 0.3) is 0 Å². The molecule has 1 aliphatic heterocycles. The molecule has 11 heavy (non-hydrogen) atoms. The first-order valence-electron chi connectivity index (χ1n) is 4.45. The van der Waals surface area contributed by atoms with E-state index in [2.05, 4.69) is 22.8 Å². The summed E-state index contributed by atoms with van der Waals surface area (Å²) >= 11 is 0. The van der Waals surface area contributed by atoms with E-state index in [4.69, 9.17) is 0 Å². The molecule has 1 rings (SSSR count). The van der Waals surface area contributed by atoms with Crippen molar-refractivity contribution in [3.63, 3.8) is 0 Å². The Kier molecular flexibility index (Phi) is 4.24. The van der Waals surface area contributed by atoms with Crippen LogP contribution in [0.2, 0.25) is 0 Å². The average Bonchev–Trinajstić information content (AvgIpc) is 2.07. The summed E-state index contributed by atoms with van der Waals surface area (Å²) in [4.78, 5) is 0. The second-order valence-electron chi connectivity index (χ2n) is 3.07. The fourth-order valence-corrected chi connectivity index (χ4v) is 1.42. The number of piperidine rings is 1. The van der Waals surface area contributed by atoms with Gasteiger partial charge in [-0.15, -0.1) is 0 Å². The summed E-state index contributed by atoms with van der Waals surface area (Å²) < 4.78 is 0. The third kappa shape index (κ3) is 3.54. The van der Waals surface area contributed by atoms with Gasteiger partial charge >= 0.3 is 0 Å². The van der Waals surface area contributed by atoms with Gasteiger partial charge in [0, 0.05) is 6.54 Å². The summed E-state index contributed by atoms with van der Waals surface area (Å²) in [6, 6.07) is 0. The van der Waals surface area contributed by atoms with Crippen molar-refractivity contribution in [2.45, 2.75) is 12.8 Å². The first-order chi connectivity index (χ1) is 5.43. The molecule has 0 atom stereocenters. The molecule has 1 fully saturated rings. The van der Waals surface area contributed by atoms with E-state index < -0.39 is 0 Å². The maximum Gasteiger partial charge on any atom is 0.0131 e. The lowest BCUT2D eigenvalue weighted by molar-refractivity contribution is 0.436. The monoisotopic (exact) mass is 154 g/mol. The highest BCUT2D eigenvalue weighted by atomic mass is 14.9. The lowest BCUT2D eigenvalue weighted by Crippen LogP contribution is -2.26. The van der Waals surface area contributed by atoms with Crippen LogP contribution in [-0.4, -0.2) is 26.7 Å². The summed E-state index contributed by atoms with van der Waals surface area (Å²) in [7, 11) is 1.98. The number of likely N-dealkylation sites (N-methyl/N-ethyl adjacent to an activating group) is 1. The van der Waals surface area contributed by atoms with Crippen LogP contribution >= 0.6 is 0 Å². The Morgan fingerprint density at radius 3 is 2.82 bits per heavy atom. The maximum absolute atomic E-state index is 3.36. The average molecular weight is 154 g/mol. The van der Waals surface area contributed by atoms with Gasteiger partial charge in [-0.2, -0.15) is 0 Å². The van der Waals surface area contributed by atoms with Crippen LogP contribution in [0, 0.1) is 5.92 Å². The molecule has 1 heterocycles. The predicted molar refractivity (Wildman–Crippen MR) is 48.7 cm³/mol. The molecular weight excluding hydrogens is 136 g/mol. The molecule has 0 amide bonds. The van der Waals surface area contributed by atoms with Gasteiger partial charge in [0.2, 0.25) is 0 Å². The van der Waals surface area contributed by atoms with Crippen LogP contribution in [0.15, 0.2) is 12.2 Å². The largest absolute Gasteiger partial charge is 0.317 e. The van der Waals surface area contributed by atoms with Gasteiger partial charge < -0.3 is 10.6 Å². The highest BCUT2D eigenvalue weighted by molar-refractivity contribution is 4.91. The zero-order valence-electron chi connectivity index (χ0n) is 7.27. The third-order valence-corrected chi connectivity index (χ3v) is 2.11. The number of hydrogen-bond acceptors (Lipinski definition) is 2. The molecule has 0 bridgehead atoms. The van der Waals surface area contributed by atoms with Crippen molar-refractivity contribution in [3.8, 4) is 0 Å². The smallest absolute Gasteiger partial charge is 0.0131 e. The highest BCUT2D eigenvalue weighted by Crippen LogP contribution is 2.12. The van der Waals surface area contributed by atoms with Crippen molar-refractivity contribution in [3.05, 3.63) is 12.2 Å². The standard InChI is InChI=1S/C9H18N2/c1-10-6-2-3-9-4-7-11-8-5-9/h2-3,9-11H,4-8H2,1H3/b3-2+. The highest BCUT2D eigenvalue weighted by Gasteiger charge is 2.08. The van der Waals surface area contributed by atoms with E-state index >= 15 is 0 Å². The van der Waals surface area contributed by atoms with Crippen molar-refractivity contribution in [1.29, 1.82) is 0 Å². The van der Waals surface area contributed by atoms with Gasteiger partial charge in [0.1, 0.15) is 0 Å². The molecule has 2 N–H and O–H groups in total. The molecule has 2 nitrogen and oxygen atoms in total. The van der Waals surface area contributed by atoms with E-state index in [9.17, 15) is 0 Å². The van der Waals surface area contributed by atoms with Crippen LogP contribution in [0.5, 0.6) is 0 Å². The van der Waals surface area contributed by atoms with Gasteiger partial charge in [0.05, 0.1) is 0 Å². The Morgan fingerprint density at radius 1 is 1.45 bits per heavy atom. The molecule has 64 valence electrons. The Morgan fingerprint density at radius 2 is 2.18 bits per heavy atom. The summed E-state index contributed by atoms with van der Waals surface area (Å²) in [6.07, 6.45) is 7.19. The molecule has 0 aromatic carbocycles. The fourth-order valence-electron chi connectivity index (χ4n) is 1.42. The lowest BCUT2D eigenvalue weighted by atomic mass is 9.98. The Hall–Kier alpha value is -0.340. The first kappa shape index (κ1) is 8.75. The van der Waals surface area contributed by atoms with Gasteiger partial charge in [0.15, 0.2) is 0 Å². The van der Waals surface area contributed by atoms with Gasteiger partial charge in [-0.25, -0.2) is 0 Å². The zero-order valence-corrected chi connectivity index (χ0v) is 7.27. The molecule has 0 aromatic heterocycles. The molecule has 0 spiro atoms. The Labute approximate surface area is 69.1 Å². The van der Waals surface area contributed by atoms with Crippen molar-refractivity contribution in [2.75, 3.05) is 26.7 Å². The number of nitrogens with one attached hydrogen (secondary N) is 2. The molecule has 1 aliphatic rings. The minimum Gasteiger partial charge on any atom is -0.317 e. The minimum atomic E-state index is 0.824. The van der Waals surface area contributed by atoms with Crippen LogP contribution in [0.1, 0.15) is 12.8 Å². The molecule has 0 saturated carbocycles. The Balaban J connectivity index is 2.13. The van der Waals surface area contributed by atoms with E-state index in [1.54, 1.807) is 0 Å². The van der Waals surface area contributed by atoms with Crippen molar-refractivity contribution in [1.82, 2.24) is 10.6 Å². The maximum atomic E-state index is 3.36. The van der Waals surface area contributed by atoms with Gasteiger partial charge in [-0.1, -0.05) is 12.2 Å².